The normalized spacial score (nSPS) is 14.8. The predicted octanol–water partition coefficient (Wildman–Crippen LogP) is 0.751. The lowest BCUT2D eigenvalue weighted by Gasteiger charge is -2.22. The fourth-order valence-corrected chi connectivity index (χ4v) is 1.82. The van der Waals surface area contributed by atoms with Gasteiger partial charge in [-0.2, -0.15) is 0 Å². The first-order chi connectivity index (χ1) is 7.63. The van der Waals surface area contributed by atoms with Crippen LogP contribution in [-0.4, -0.2) is 23.5 Å². The number of hydrogen-bond donors (Lipinski definition) is 2. The van der Waals surface area contributed by atoms with Crippen LogP contribution in [0.5, 0.6) is 0 Å². The summed E-state index contributed by atoms with van der Waals surface area (Å²) in [5, 5.41) is 0. The van der Waals surface area contributed by atoms with Crippen LogP contribution in [0.3, 0.4) is 0 Å². The van der Waals surface area contributed by atoms with Crippen LogP contribution < -0.4 is 16.4 Å². The molecule has 1 aliphatic rings. The highest BCUT2D eigenvalue weighted by molar-refractivity contribution is 5.98. The third kappa shape index (κ3) is 1.93. The SMILES string of the molecule is CCN(c1cc(C(N)=O)c(N)cn1)C1CC1. The van der Waals surface area contributed by atoms with Crippen molar-refractivity contribution >= 4 is 17.4 Å². The molecule has 1 saturated carbocycles. The van der Waals surface area contributed by atoms with Gasteiger partial charge in [0.25, 0.3) is 5.91 Å². The zero-order valence-corrected chi connectivity index (χ0v) is 9.31. The summed E-state index contributed by atoms with van der Waals surface area (Å²) < 4.78 is 0. The van der Waals surface area contributed by atoms with Crippen molar-refractivity contribution < 1.29 is 4.79 Å². The molecule has 0 unspecified atom stereocenters. The van der Waals surface area contributed by atoms with Gasteiger partial charge < -0.3 is 16.4 Å². The van der Waals surface area contributed by atoms with Gasteiger partial charge in [0.15, 0.2) is 0 Å². The molecule has 1 aromatic rings. The molecule has 0 saturated heterocycles. The van der Waals surface area contributed by atoms with Crippen molar-refractivity contribution in [3.05, 3.63) is 17.8 Å². The molecule has 0 atom stereocenters. The molecule has 0 radical (unpaired) electrons. The van der Waals surface area contributed by atoms with Crippen molar-refractivity contribution in [2.24, 2.45) is 5.73 Å². The lowest BCUT2D eigenvalue weighted by molar-refractivity contribution is 0.100. The third-order valence-electron chi connectivity index (χ3n) is 2.81. The Balaban J connectivity index is 2.33. The molecule has 1 aliphatic carbocycles. The minimum atomic E-state index is -0.506. The molecule has 1 heterocycles. The van der Waals surface area contributed by atoms with Gasteiger partial charge in [-0.25, -0.2) is 4.98 Å². The largest absolute Gasteiger partial charge is 0.397 e. The van der Waals surface area contributed by atoms with Crippen molar-refractivity contribution in [3.63, 3.8) is 0 Å². The predicted molar refractivity (Wildman–Crippen MR) is 63.2 cm³/mol. The molecule has 0 aliphatic heterocycles. The van der Waals surface area contributed by atoms with E-state index in [1.165, 1.54) is 19.0 Å². The number of rotatable bonds is 4. The van der Waals surface area contributed by atoms with Crippen molar-refractivity contribution in [1.82, 2.24) is 4.98 Å². The number of carbonyl (C=O) groups excluding carboxylic acids is 1. The first-order valence-electron chi connectivity index (χ1n) is 5.45. The molecule has 0 spiro atoms. The second kappa shape index (κ2) is 4.00. The Labute approximate surface area is 94.4 Å². The van der Waals surface area contributed by atoms with Crippen LogP contribution in [0.2, 0.25) is 0 Å². The number of carbonyl (C=O) groups is 1. The van der Waals surface area contributed by atoms with E-state index >= 15 is 0 Å². The van der Waals surface area contributed by atoms with Crippen LogP contribution in [0, 0.1) is 0 Å². The van der Waals surface area contributed by atoms with Gasteiger partial charge in [0.2, 0.25) is 0 Å². The zero-order valence-electron chi connectivity index (χ0n) is 9.31. The van der Waals surface area contributed by atoms with E-state index in [1.807, 2.05) is 0 Å². The maximum Gasteiger partial charge on any atom is 0.250 e. The van der Waals surface area contributed by atoms with Crippen LogP contribution in [0.4, 0.5) is 11.5 Å². The van der Waals surface area contributed by atoms with Gasteiger partial charge in [-0.05, 0) is 25.8 Å². The number of nitrogen functional groups attached to an aromatic ring is 1. The zero-order chi connectivity index (χ0) is 11.7. The molecule has 16 heavy (non-hydrogen) atoms. The Hall–Kier alpha value is -1.78. The Morgan fingerprint density at radius 1 is 1.62 bits per heavy atom. The third-order valence-corrected chi connectivity index (χ3v) is 2.81. The van der Waals surface area contributed by atoms with E-state index in [9.17, 15) is 4.79 Å². The summed E-state index contributed by atoms with van der Waals surface area (Å²) in [6.07, 6.45) is 3.87. The molecule has 5 heteroatoms. The highest BCUT2D eigenvalue weighted by atomic mass is 16.1. The summed E-state index contributed by atoms with van der Waals surface area (Å²) in [6, 6.07) is 2.24. The van der Waals surface area contributed by atoms with Gasteiger partial charge in [0.1, 0.15) is 5.82 Å². The lowest BCUT2D eigenvalue weighted by Crippen LogP contribution is -2.26. The van der Waals surface area contributed by atoms with Crippen molar-refractivity contribution in [2.45, 2.75) is 25.8 Å². The molecule has 0 bridgehead atoms. The molecule has 1 fully saturated rings. The molecule has 5 nitrogen and oxygen atoms in total. The topological polar surface area (TPSA) is 85.2 Å². The molecule has 1 aromatic heterocycles. The van der Waals surface area contributed by atoms with Crippen LogP contribution in [0.25, 0.3) is 0 Å². The minimum absolute atomic E-state index is 0.336. The number of primary amides is 1. The van der Waals surface area contributed by atoms with Crippen LogP contribution in [-0.2, 0) is 0 Å². The maximum atomic E-state index is 11.2. The fourth-order valence-electron chi connectivity index (χ4n) is 1.82. The summed E-state index contributed by atoms with van der Waals surface area (Å²) in [6.45, 7) is 2.94. The van der Waals surface area contributed by atoms with Crippen LogP contribution in [0.15, 0.2) is 12.3 Å². The molecular weight excluding hydrogens is 204 g/mol. The van der Waals surface area contributed by atoms with Crippen LogP contribution >= 0.6 is 0 Å². The minimum Gasteiger partial charge on any atom is -0.397 e. The molecule has 1 amide bonds. The van der Waals surface area contributed by atoms with Crippen molar-refractivity contribution in [2.75, 3.05) is 17.2 Å². The second-order valence-corrected chi connectivity index (χ2v) is 4.01. The van der Waals surface area contributed by atoms with E-state index in [1.54, 1.807) is 6.07 Å². The summed E-state index contributed by atoms with van der Waals surface area (Å²) in [5.41, 5.74) is 11.6. The molecule has 4 N–H and O–H groups in total. The van der Waals surface area contributed by atoms with Crippen LogP contribution in [0.1, 0.15) is 30.1 Å². The summed E-state index contributed by atoms with van der Waals surface area (Å²) >= 11 is 0. The average molecular weight is 220 g/mol. The van der Waals surface area contributed by atoms with Gasteiger partial charge in [-0.1, -0.05) is 0 Å². The van der Waals surface area contributed by atoms with E-state index in [-0.39, 0.29) is 0 Å². The molecule has 86 valence electrons. The van der Waals surface area contributed by atoms with Gasteiger partial charge >= 0.3 is 0 Å². The fraction of sp³-hybridized carbons (Fsp3) is 0.455. The Kier molecular flexibility index (Phi) is 2.68. The molecular formula is C11H16N4O. The number of pyridine rings is 1. The summed E-state index contributed by atoms with van der Waals surface area (Å²) in [7, 11) is 0. The second-order valence-electron chi connectivity index (χ2n) is 4.01. The standard InChI is InChI=1S/C11H16N4O/c1-2-15(7-3-4-7)10-5-8(11(13)16)9(12)6-14-10/h5-7H,2-4,12H2,1H3,(H2,13,16). The van der Waals surface area contributed by atoms with Gasteiger partial charge in [0, 0.05) is 12.6 Å². The monoisotopic (exact) mass is 220 g/mol. The Morgan fingerprint density at radius 3 is 2.81 bits per heavy atom. The number of hydrogen-bond acceptors (Lipinski definition) is 4. The lowest BCUT2D eigenvalue weighted by atomic mass is 10.2. The van der Waals surface area contributed by atoms with E-state index in [0.717, 1.165) is 12.4 Å². The average Bonchev–Trinajstić information content (AvgIpc) is 3.05. The quantitative estimate of drug-likeness (QED) is 0.784. The first kappa shape index (κ1) is 10.7. The first-order valence-corrected chi connectivity index (χ1v) is 5.45. The van der Waals surface area contributed by atoms with E-state index in [0.29, 0.717) is 17.3 Å². The molecule has 2 rings (SSSR count). The maximum absolute atomic E-state index is 11.2. The van der Waals surface area contributed by atoms with Gasteiger partial charge in [0.05, 0.1) is 17.4 Å². The van der Waals surface area contributed by atoms with E-state index in [2.05, 4.69) is 16.8 Å². The number of nitrogens with two attached hydrogens (primary N) is 2. The van der Waals surface area contributed by atoms with E-state index < -0.39 is 5.91 Å². The van der Waals surface area contributed by atoms with Gasteiger partial charge in [-0.3, -0.25) is 4.79 Å². The van der Waals surface area contributed by atoms with Gasteiger partial charge in [-0.15, -0.1) is 0 Å². The number of aromatic nitrogens is 1. The Morgan fingerprint density at radius 2 is 2.31 bits per heavy atom. The molecule has 0 aromatic carbocycles. The highest BCUT2D eigenvalue weighted by Gasteiger charge is 2.29. The highest BCUT2D eigenvalue weighted by Crippen LogP contribution is 2.31. The number of amides is 1. The van der Waals surface area contributed by atoms with Crippen molar-refractivity contribution in [3.8, 4) is 0 Å². The van der Waals surface area contributed by atoms with Crippen molar-refractivity contribution in [1.29, 1.82) is 0 Å². The number of anilines is 2. The smallest absolute Gasteiger partial charge is 0.250 e. The summed E-state index contributed by atoms with van der Waals surface area (Å²) in [5.74, 6) is 0.279. The summed E-state index contributed by atoms with van der Waals surface area (Å²) in [4.78, 5) is 17.6. The Bertz CT molecular complexity index is 414. The van der Waals surface area contributed by atoms with E-state index in [4.69, 9.17) is 11.5 Å². The number of nitrogens with zero attached hydrogens (tertiary/aromatic N) is 2.